The van der Waals surface area contributed by atoms with Crippen LogP contribution >= 0.6 is 0 Å². The fourth-order valence-corrected chi connectivity index (χ4v) is 4.81. The molecule has 12 nitrogen and oxygen atoms in total. The monoisotopic (exact) mass is 494 g/mol. The van der Waals surface area contributed by atoms with Crippen LogP contribution in [0.3, 0.4) is 0 Å². The second-order valence-electron chi connectivity index (χ2n) is 8.99. The van der Waals surface area contributed by atoms with Crippen LogP contribution in [-0.2, 0) is 34.0 Å². The molecule has 0 saturated carbocycles. The summed E-state index contributed by atoms with van der Waals surface area (Å²) in [6.45, 7) is 1.48. The molecule has 0 aliphatic carbocycles. The van der Waals surface area contributed by atoms with Crippen molar-refractivity contribution in [2.24, 2.45) is 5.73 Å². The van der Waals surface area contributed by atoms with Gasteiger partial charge in [0.15, 0.2) is 17.6 Å². The number of aliphatic hydroxyl groups excluding tert-OH is 2. The summed E-state index contributed by atoms with van der Waals surface area (Å²) in [5.41, 5.74) is 8.64. The summed E-state index contributed by atoms with van der Waals surface area (Å²) in [5.74, 6) is -0.312. The van der Waals surface area contributed by atoms with E-state index in [1.807, 2.05) is 0 Å². The number of ether oxygens (including phenoxy) is 3. The van der Waals surface area contributed by atoms with Gasteiger partial charge in [-0.1, -0.05) is 0 Å². The maximum Gasteiger partial charge on any atom is 0.340 e. The first-order valence-corrected chi connectivity index (χ1v) is 11.3. The first-order chi connectivity index (χ1) is 17.2. The van der Waals surface area contributed by atoms with Crippen molar-refractivity contribution < 1.29 is 34.0 Å². The van der Waals surface area contributed by atoms with Crippen molar-refractivity contribution in [1.29, 1.82) is 0 Å². The molecule has 186 valence electrons. The third-order valence-corrected chi connectivity index (χ3v) is 6.83. The van der Waals surface area contributed by atoms with Gasteiger partial charge >= 0.3 is 5.97 Å². The van der Waals surface area contributed by atoms with Gasteiger partial charge in [0.2, 0.25) is 12.7 Å². The highest BCUT2D eigenvalue weighted by atomic mass is 16.7. The van der Waals surface area contributed by atoms with Gasteiger partial charge in [-0.15, -0.1) is 0 Å². The zero-order chi connectivity index (χ0) is 25.3. The van der Waals surface area contributed by atoms with Crippen molar-refractivity contribution >= 4 is 22.8 Å². The number of cyclic esters (lactones) is 1. The zero-order valence-electron chi connectivity index (χ0n) is 19.1. The van der Waals surface area contributed by atoms with Crippen molar-refractivity contribution in [3.8, 4) is 22.9 Å². The van der Waals surface area contributed by atoms with Crippen LogP contribution in [-0.4, -0.2) is 50.6 Å². The number of nitrogens with zero attached hydrogens (tertiary/aromatic N) is 2. The summed E-state index contributed by atoms with van der Waals surface area (Å²) >= 11 is 0. The maximum absolute atomic E-state index is 13.3. The van der Waals surface area contributed by atoms with E-state index in [1.165, 1.54) is 11.5 Å². The average molecular weight is 494 g/mol. The molecule has 3 aliphatic rings. The number of hydrogen-bond donors (Lipinski definition) is 4. The van der Waals surface area contributed by atoms with Gasteiger partial charge in [-0.25, -0.2) is 9.78 Å². The van der Waals surface area contributed by atoms with Crippen LogP contribution in [0.15, 0.2) is 23.0 Å². The number of pyridine rings is 2. The number of carbonyl (C=O) groups excluding carboxylic acids is 2. The zero-order valence-corrected chi connectivity index (χ0v) is 19.1. The van der Waals surface area contributed by atoms with Crippen LogP contribution < -0.4 is 26.1 Å². The van der Waals surface area contributed by atoms with Crippen LogP contribution in [0.25, 0.3) is 22.3 Å². The van der Waals surface area contributed by atoms with Crippen LogP contribution in [0.5, 0.6) is 11.5 Å². The summed E-state index contributed by atoms with van der Waals surface area (Å²) in [5, 5.41) is 23.5. The topological polar surface area (TPSA) is 175 Å². The summed E-state index contributed by atoms with van der Waals surface area (Å²) in [6, 6.07) is 3.97. The number of aromatic nitrogens is 2. The minimum Gasteiger partial charge on any atom is -0.458 e. The van der Waals surface area contributed by atoms with Gasteiger partial charge in [0.25, 0.3) is 5.56 Å². The van der Waals surface area contributed by atoms with Gasteiger partial charge in [-0.2, -0.15) is 0 Å². The minimum atomic E-state index is -1.56. The fourth-order valence-electron chi connectivity index (χ4n) is 4.81. The summed E-state index contributed by atoms with van der Waals surface area (Å²) in [6.07, 6.45) is -2.60. The molecule has 36 heavy (non-hydrogen) atoms. The molecule has 0 saturated heterocycles. The Hall–Kier alpha value is -4.00. The van der Waals surface area contributed by atoms with E-state index in [-0.39, 0.29) is 37.6 Å². The molecule has 1 aromatic carbocycles. The molecule has 5 heterocycles. The molecule has 3 atom stereocenters. The van der Waals surface area contributed by atoms with E-state index < -0.39 is 35.7 Å². The predicted molar refractivity (Wildman–Crippen MR) is 123 cm³/mol. The van der Waals surface area contributed by atoms with Crippen LogP contribution in [0.4, 0.5) is 0 Å². The van der Waals surface area contributed by atoms with E-state index in [9.17, 15) is 24.6 Å². The van der Waals surface area contributed by atoms with Crippen LogP contribution in [0.1, 0.15) is 35.3 Å². The van der Waals surface area contributed by atoms with E-state index in [2.05, 4.69) is 5.32 Å². The lowest BCUT2D eigenvalue weighted by Gasteiger charge is -2.21. The lowest BCUT2D eigenvalue weighted by atomic mass is 9.98. The normalized spacial score (nSPS) is 18.8. The number of nitrogens with one attached hydrogen (secondary N) is 1. The maximum atomic E-state index is 13.3. The van der Waals surface area contributed by atoms with Gasteiger partial charge in [-0.05, 0) is 24.6 Å². The molecule has 5 N–H and O–H groups in total. The number of carbonyl (C=O) groups is 2. The predicted octanol–water partition coefficient (Wildman–Crippen LogP) is -0.432. The molecular formula is C24H22N4O8. The lowest BCUT2D eigenvalue weighted by molar-refractivity contribution is -0.157. The number of aliphatic hydroxyl groups is 2. The number of fused-ring (bicyclic) bond motifs is 6. The van der Waals surface area contributed by atoms with Gasteiger partial charge in [0.05, 0.1) is 35.1 Å². The van der Waals surface area contributed by atoms with E-state index >= 15 is 0 Å². The molecule has 0 spiro atoms. The van der Waals surface area contributed by atoms with Gasteiger partial charge in [-0.3, -0.25) is 9.59 Å². The minimum absolute atomic E-state index is 0.0485. The Balaban J connectivity index is 1.53. The van der Waals surface area contributed by atoms with Crippen molar-refractivity contribution in [3.05, 3.63) is 50.8 Å². The second-order valence-corrected chi connectivity index (χ2v) is 8.99. The Morgan fingerprint density at radius 2 is 1.97 bits per heavy atom. The van der Waals surface area contributed by atoms with Crippen LogP contribution in [0.2, 0.25) is 0 Å². The first-order valence-electron chi connectivity index (χ1n) is 11.3. The molecule has 0 radical (unpaired) electrons. The van der Waals surface area contributed by atoms with Gasteiger partial charge in [0.1, 0.15) is 12.6 Å². The Bertz CT molecular complexity index is 1530. The molecule has 6 rings (SSSR count). The first kappa shape index (κ1) is 22.5. The smallest absolute Gasteiger partial charge is 0.340 e. The molecule has 0 fully saturated rings. The number of esters is 1. The average Bonchev–Trinajstić information content (AvgIpc) is 3.46. The molecule has 1 amide bonds. The largest absolute Gasteiger partial charge is 0.458 e. The Labute approximate surface area is 203 Å². The lowest BCUT2D eigenvalue weighted by Crippen LogP contribution is -2.46. The quantitative estimate of drug-likeness (QED) is 0.272. The Morgan fingerprint density at radius 3 is 2.72 bits per heavy atom. The number of nitrogens with two attached hydrogens (primary N) is 1. The summed E-state index contributed by atoms with van der Waals surface area (Å²) in [7, 11) is 0. The number of rotatable bonds is 4. The summed E-state index contributed by atoms with van der Waals surface area (Å²) in [4.78, 5) is 42.5. The van der Waals surface area contributed by atoms with Crippen molar-refractivity contribution in [2.45, 2.75) is 44.9 Å². The highest BCUT2D eigenvalue weighted by Gasteiger charge is 2.35. The van der Waals surface area contributed by atoms with E-state index in [4.69, 9.17) is 24.9 Å². The van der Waals surface area contributed by atoms with Crippen molar-refractivity contribution in [2.75, 3.05) is 6.79 Å². The van der Waals surface area contributed by atoms with E-state index in [1.54, 1.807) is 18.2 Å². The number of amides is 1. The third kappa shape index (κ3) is 3.26. The van der Waals surface area contributed by atoms with Crippen molar-refractivity contribution in [3.63, 3.8) is 0 Å². The Morgan fingerprint density at radius 1 is 1.22 bits per heavy atom. The fraction of sp³-hybridized carbons (Fsp3) is 0.333. The van der Waals surface area contributed by atoms with E-state index in [0.29, 0.717) is 44.9 Å². The molecular weight excluding hydrogens is 472 g/mol. The van der Waals surface area contributed by atoms with Crippen LogP contribution in [0, 0.1) is 0 Å². The SMILES string of the molecule is CC(O)C(N)C(=O)NCc1c2c(nc3cc4c(cc13)OCO4)-c1cc3c(c(=O)n1C2)COC(=O)C3O. The number of benzene rings is 1. The second kappa shape index (κ2) is 8.01. The molecule has 2 aromatic heterocycles. The van der Waals surface area contributed by atoms with Gasteiger partial charge in [0, 0.05) is 29.1 Å². The highest BCUT2D eigenvalue weighted by molar-refractivity contribution is 5.91. The third-order valence-electron chi connectivity index (χ3n) is 6.83. The molecule has 3 unspecified atom stereocenters. The van der Waals surface area contributed by atoms with Gasteiger partial charge < -0.3 is 40.0 Å². The number of hydrogen-bond acceptors (Lipinski definition) is 10. The van der Waals surface area contributed by atoms with Crippen molar-refractivity contribution in [1.82, 2.24) is 14.9 Å². The molecule has 12 heteroatoms. The Kier molecular flexibility index (Phi) is 5.00. The van der Waals surface area contributed by atoms with E-state index in [0.717, 1.165) is 0 Å². The molecule has 3 aliphatic heterocycles. The molecule has 0 bridgehead atoms. The standard InChI is InChI=1S/C24H22N4O8/c1-9(29)19(25)22(31)26-5-12-10-3-17-18(36-8-35-17)4-15(10)27-20-13(12)6-28-16(20)2-11-14(23(28)32)7-34-24(33)21(11)30/h2-4,9,19,21,29-30H,5-8,25H2,1H3,(H,26,31). The highest BCUT2D eigenvalue weighted by Crippen LogP contribution is 2.42. The molecule has 3 aromatic rings. The summed E-state index contributed by atoms with van der Waals surface area (Å²) < 4.78 is 17.5.